The average molecular weight is 275 g/mol. The van der Waals surface area contributed by atoms with Gasteiger partial charge in [0.1, 0.15) is 5.54 Å². The van der Waals surface area contributed by atoms with Crippen LogP contribution in [-0.2, 0) is 4.79 Å². The number of piperidine rings is 1. The summed E-state index contributed by atoms with van der Waals surface area (Å²) in [6, 6.07) is -0.975. The van der Waals surface area contributed by atoms with E-state index in [9.17, 15) is 18.4 Å². The Morgan fingerprint density at radius 2 is 1.84 bits per heavy atom. The second-order valence-corrected chi connectivity index (χ2v) is 5.66. The summed E-state index contributed by atoms with van der Waals surface area (Å²) in [5.41, 5.74) is -1.11. The molecular formula is C12H19F2N3O2. The van der Waals surface area contributed by atoms with Crippen LogP contribution in [0.4, 0.5) is 13.6 Å². The van der Waals surface area contributed by atoms with Crippen molar-refractivity contribution >= 4 is 11.9 Å². The summed E-state index contributed by atoms with van der Waals surface area (Å²) < 4.78 is 25.3. The fourth-order valence-electron chi connectivity index (χ4n) is 2.79. The molecule has 0 bridgehead atoms. The first-order valence-corrected chi connectivity index (χ1v) is 6.52. The van der Waals surface area contributed by atoms with Gasteiger partial charge in [-0.25, -0.2) is 9.69 Å². The quantitative estimate of drug-likeness (QED) is 0.623. The fraction of sp³-hybridized carbons (Fsp3) is 0.833. The lowest BCUT2D eigenvalue weighted by Crippen LogP contribution is -2.55. The maximum absolute atomic E-state index is 12.7. The van der Waals surface area contributed by atoms with E-state index in [2.05, 4.69) is 24.1 Å². The number of nitrogens with zero attached hydrogens (tertiary/aromatic N) is 2. The van der Waals surface area contributed by atoms with Gasteiger partial charge >= 0.3 is 12.6 Å². The summed E-state index contributed by atoms with van der Waals surface area (Å²) in [6.45, 7) is 3.33. The topological polar surface area (TPSA) is 52.7 Å². The van der Waals surface area contributed by atoms with E-state index < -0.39 is 24.0 Å². The van der Waals surface area contributed by atoms with Crippen molar-refractivity contribution in [1.29, 1.82) is 0 Å². The number of amides is 3. The summed E-state index contributed by atoms with van der Waals surface area (Å²) >= 11 is 0. The average Bonchev–Trinajstić information content (AvgIpc) is 2.53. The standard InChI is InChI=1S/C12H19F2N3O2/c1-8(2)7-16-5-3-12(4-6-16)9(18)17(10(13)14)11(19)15-12/h8,10H,3-7H2,1-2H3,(H,15,19). The highest BCUT2D eigenvalue weighted by Gasteiger charge is 2.54. The molecule has 7 heteroatoms. The van der Waals surface area contributed by atoms with Crippen LogP contribution in [0, 0.1) is 5.92 Å². The maximum atomic E-state index is 12.7. The molecule has 2 saturated heterocycles. The van der Waals surface area contributed by atoms with Gasteiger partial charge in [0, 0.05) is 19.6 Å². The molecule has 2 heterocycles. The van der Waals surface area contributed by atoms with Gasteiger partial charge in [-0.1, -0.05) is 13.8 Å². The van der Waals surface area contributed by atoms with E-state index in [4.69, 9.17) is 0 Å². The van der Waals surface area contributed by atoms with E-state index in [1.165, 1.54) is 0 Å². The van der Waals surface area contributed by atoms with Gasteiger partial charge in [-0.05, 0) is 18.8 Å². The monoisotopic (exact) mass is 275 g/mol. The Morgan fingerprint density at radius 3 is 2.26 bits per heavy atom. The summed E-state index contributed by atoms with van der Waals surface area (Å²) in [6.07, 6.45) is 0.793. The molecule has 19 heavy (non-hydrogen) atoms. The molecule has 0 saturated carbocycles. The minimum absolute atomic E-state index is 0.0398. The van der Waals surface area contributed by atoms with Gasteiger partial charge in [0.25, 0.3) is 5.91 Å². The summed E-state index contributed by atoms with van der Waals surface area (Å²) in [5.74, 6) is -0.266. The molecule has 0 unspecified atom stereocenters. The van der Waals surface area contributed by atoms with Gasteiger partial charge in [-0.2, -0.15) is 8.78 Å². The normalized spacial score (nSPS) is 23.8. The van der Waals surface area contributed by atoms with Crippen LogP contribution in [0.1, 0.15) is 26.7 Å². The third-order valence-corrected chi connectivity index (χ3v) is 3.72. The molecule has 1 spiro atoms. The fourth-order valence-corrected chi connectivity index (χ4v) is 2.79. The number of alkyl halides is 2. The van der Waals surface area contributed by atoms with Gasteiger partial charge in [0.2, 0.25) is 0 Å². The zero-order valence-electron chi connectivity index (χ0n) is 11.2. The van der Waals surface area contributed by atoms with Crippen LogP contribution in [0.2, 0.25) is 0 Å². The Balaban J connectivity index is 2.03. The highest BCUT2D eigenvalue weighted by Crippen LogP contribution is 2.31. The number of halogens is 2. The molecule has 0 aliphatic carbocycles. The lowest BCUT2D eigenvalue weighted by molar-refractivity contribution is -0.141. The minimum Gasteiger partial charge on any atom is -0.323 e. The molecule has 5 nitrogen and oxygen atoms in total. The van der Waals surface area contributed by atoms with Crippen molar-refractivity contribution < 1.29 is 18.4 Å². The van der Waals surface area contributed by atoms with Gasteiger partial charge in [-0.3, -0.25) is 4.79 Å². The van der Waals surface area contributed by atoms with Crippen molar-refractivity contribution in [2.24, 2.45) is 5.92 Å². The van der Waals surface area contributed by atoms with Crippen molar-refractivity contribution in [1.82, 2.24) is 15.1 Å². The largest absolute Gasteiger partial charge is 0.329 e. The predicted molar refractivity (Wildman–Crippen MR) is 64.6 cm³/mol. The molecule has 2 fully saturated rings. The molecule has 1 N–H and O–H groups in total. The van der Waals surface area contributed by atoms with Crippen molar-refractivity contribution in [3.8, 4) is 0 Å². The lowest BCUT2D eigenvalue weighted by atomic mass is 9.87. The number of likely N-dealkylation sites (tertiary alicyclic amines) is 1. The number of hydrogen-bond acceptors (Lipinski definition) is 3. The van der Waals surface area contributed by atoms with E-state index in [0.29, 0.717) is 31.8 Å². The zero-order valence-corrected chi connectivity index (χ0v) is 11.2. The van der Waals surface area contributed by atoms with Gasteiger partial charge in [0.05, 0.1) is 0 Å². The van der Waals surface area contributed by atoms with E-state index >= 15 is 0 Å². The Morgan fingerprint density at radius 1 is 1.26 bits per heavy atom. The number of carbonyl (C=O) groups is 2. The Bertz CT molecular complexity index is 379. The molecule has 2 rings (SSSR count). The first kappa shape index (κ1) is 14.2. The van der Waals surface area contributed by atoms with Crippen LogP contribution < -0.4 is 5.32 Å². The van der Waals surface area contributed by atoms with Crippen molar-refractivity contribution in [3.63, 3.8) is 0 Å². The van der Waals surface area contributed by atoms with Crippen LogP contribution in [0.3, 0.4) is 0 Å². The molecule has 0 atom stereocenters. The van der Waals surface area contributed by atoms with Gasteiger partial charge in [0.15, 0.2) is 0 Å². The highest BCUT2D eigenvalue weighted by molar-refractivity contribution is 6.07. The first-order valence-electron chi connectivity index (χ1n) is 6.52. The van der Waals surface area contributed by atoms with Gasteiger partial charge in [-0.15, -0.1) is 0 Å². The zero-order chi connectivity index (χ0) is 14.2. The molecule has 0 aromatic heterocycles. The molecule has 2 aliphatic rings. The van der Waals surface area contributed by atoms with Crippen LogP contribution in [0.15, 0.2) is 0 Å². The summed E-state index contributed by atoms with van der Waals surface area (Å²) in [4.78, 5) is 25.7. The number of rotatable bonds is 3. The number of hydrogen-bond donors (Lipinski definition) is 1. The summed E-state index contributed by atoms with van der Waals surface area (Å²) in [7, 11) is 0. The van der Waals surface area contributed by atoms with E-state index in [1.54, 1.807) is 0 Å². The Kier molecular flexibility index (Phi) is 3.75. The van der Waals surface area contributed by atoms with Gasteiger partial charge < -0.3 is 10.2 Å². The number of carbonyl (C=O) groups excluding carboxylic acids is 2. The molecule has 0 aromatic carbocycles. The maximum Gasteiger partial charge on any atom is 0.329 e. The van der Waals surface area contributed by atoms with Crippen molar-refractivity contribution in [2.75, 3.05) is 19.6 Å². The molecule has 0 radical (unpaired) electrons. The smallest absolute Gasteiger partial charge is 0.323 e. The highest BCUT2D eigenvalue weighted by atomic mass is 19.3. The van der Waals surface area contributed by atoms with E-state index in [0.717, 1.165) is 6.54 Å². The third kappa shape index (κ3) is 2.56. The summed E-state index contributed by atoms with van der Waals surface area (Å²) in [5, 5.41) is 2.46. The molecule has 2 aliphatic heterocycles. The van der Waals surface area contributed by atoms with Crippen molar-refractivity contribution in [2.45, 2.75) is 38.8 Å². The van der Waals surface area contributed by atoms with E-state index in [-0.39, 0.29) is 4.90 Å². The van der Waals surface area contributed by atoms with E-state index in [1.807, 2.05) is 0 Å². The molecule has 108 valence electrons. The molecule has 3 amide bonds. The second-order valence-electron chi connectivity index (χ2n) is 5.66. The van der Waals surface area contributed by atoms with Crippen LogP contribution in [-0.4, -0.2) is 53.5 Å². The van der Waals surface area contributed by atoms with Crippen LogP contribution in [0.5, 0.6) is 0 Å². The number of urea groups is 1. The lowest BCUT2D eigenvalue weighted by Gasteiger charge is -2.37. The Labute approximate surface area is 110 Å². The first-order chi connectivity index (χ1) is 8.85. The molecule has 0 aromatic rings. The predicted octanol–water partition coefficient (Wildman–Crippen LogP) is 1.25. The second kappa shape index (κ2) is 5.03. The SMILES string of the molecule is CC(C)CN1CCC2(CC1)NC(=O)N(C(F)F)C2=O. The minimum atomic E-state index is -3.07. The van der Waals surface area contributed by atoms with Crippen molar-refractivity contribution in [3.05, 3.63) is 0 Å². The Hall–Kier alpha value is -1.24. The van der Waals surface area contributed by atoms with Crippen LogP contribution in [0.25, 0.3) is 0 Å². The van der Waals surface area contributed by atoms with Crippen LogP contribution >= 0.6 is 0 Å². The third-order valence-electron chi connectivity index (χ3n) is 3.72. The number of nitrogens with one attached hydrogen (secondary N) is 1. The molecular weight excluding hydrogens is 256 g/mol. The number of imide groups is 1.